The van der Waals surface area contributed by atoms with Gasteiger partial charge in [0.25, 0.3) is 0 Å². The molecule has 0 aromatic carbocycles. The Labute approximate surface area is 102 Å². The third-order valence-electron chi connectivity index (χ3n) is 4.07. The van der Waals surface area contributed by atoms with Crippen LogP contribution in [0.15, 0.2) is 12.4 Å². The molecule has 1 saturated carbocycles. The fourth-order valence-electron chi connectivity index (χ4n) is 1.99. The summed E-state index contributed by atoms with van der Waals surface area (Å²) in [7, 11) is 0. The Morgan fingerprint density at radius 1 is 1.18 bits per heavy atom. The van der Waals surface area contributed by atoms with Crippen molar-refractivity contribution >= 4 is 0 Å². The SMILES string of the molecule is CC1(C)OC(c2cnn(C3CC3)c2)OC1(C)C. The van der Waals surface area contributed by atoms with E-state index >= 15 is 0 Å². The van der Waals surface area contributed by atoms with Crippen LogP contribution in [0.1, 0.15) is 58.4 Å². The van der Waals surface area contributed by atoms with Crippen molar-refractivity contribution in [2.75, 3.05) is 0 Å². The second kappa shape index (κ2) is 3.33. The second-order valence-electron chi connectivity index (χ2n) is 6.07. The van der Waals surface area contributed by atoms with E-state index in [1.54, 1.807) is 0 Å². The van der Waals surface area contributed by atoms with E-state index in [4.69, 9.17) is 9.47 Å². The van der Waals surface area contributed by atoms with Crippen LogP contribution in [-0.4, -0.2) is 21.0 Å². The molecule has 3 rings (SSSR count). The zero-order valence-electron chi connectivity index (χ0n) is 10.9. The molecule has 0 atom stereocenters. The smallest absolute Gasteiger partial charge is 0.188 e. The summed E-state index contributed by atoms with van der Waals surface area (Å²) < 4.78 is 14.0. The van der Waals surface area contributed by atoms with Gasteiger partial charge in [-0.05, 0) is 40.5 Å². The van der Waals surface area contributed by atoms with Crippen molar-refractivity contribution in [3.05, 3.63) is 18.0 Å². The van der Waals surface area contributed by atoms with Gasteiger partial charge >= 0.3 is 0 Å². The molecule has 17 heavy (non-hydrogen) atoms. The highest BCUT2D eigenvalue weighted by Gasteiger charge is 2.49. The predicted octanol–water partition coefficient (Wildman–Crippen LogP) is 2.82. The molecule has 1 aliphatic heterocycles. The lowest BCUT2D eigenvalue weighted by atomic mass is 9.90. The Bertz CT molecular complexity index is 416. The van der Waals surface area contributed by atoms with Crippen molar-refractivity contribution in [1.29, 1.82) is 0 Å². The van der Waals surface area contributed by atoms with Gasteiger partial charge in [0.05, 0.1) is 23.4 Å². The van der Waals surface area contributed by atoms with Gasteiger partial charge in [-0.3, -0.25) is 4.68 Å². The molecular weight excluding hydrogens is 216 g/mol. The summed E-state index contributed by atoms with van der Waals surface area (Å²) in [4.78, 5) is 0. The molecular formula is C13H20N2O2. The first-order chi connectivity index (χ1) is 7.89. The van der Waals surface area contributed by atoms with Gasteiger partial charge in [0.15, 0.2) is 6.29 Å². The van der Waals surface area contributed by atoms with Gasteiger partial charge < -0.3 is 9.47 Å². The van der Waals surface area contributed by atoms with E-state index in [1.807, 2.05) is 10.9 Å². The van der Waals surface area contributed by atoms with Crippen LogP contribution < -0.4 is 0 Å². The summed E-state index contributed by atoms with van der Waals surface area (Å²) in [6.07, 6.45) is 6.11. The van der Waals surface area contributed by atoms with Crippen LogP contribution >= 0.6 is 0 Å². The summed E-state index contributed by atoms with van der Waals surface area (Å²) in [5, 5.41) is 4.37. The van der Waals surface area contributed by atoms with Crippen LogP contribution in [0.2, 0.25) is 0 Å². The first-order valence-electron chi connectivity index (χ1n) is 6.29. The van der Waals surface area contributed by atoms with Crippen molar-refractivity contribution in [1.82, 2.24) is 9.78 Å². The molecule has 0 spiro atoms. The van der Waals surface area contributed by atoms with Crippen molar-refractivity contribution in [2.45, 2.75) is 64.1 Å². The van der Waals surface area contributed by atoms with E-state index in [1.165, 1.54) is 12.8 Å². The summed E-state index contributed by atoms with van der Waals surface area (Å²) in [5.74, 6) is 0. The van der Waals surface area contributed by atoms with Gasteiger partial charge in [-0.25, -0.2) is 0 Å². The minimum Gasteiger partial charge on any atom is -0.339 e. The Kier molecular flexibility index (Phi) is 2.20. The van der Waals surface area contributed by atoms with E-state index in [2.05, 4.69) is 39.0 Å². The van der Waals surface area contributed by atoms with Gasteiger partial charge in [-0.2, -0.15) is 5.10 Å². The molecule has 0 unspecified atom stereocenters. The molecule has 1 saturated heterocycles. The maximum Gasteiger partial charge on any atom is 0.188 e. The fraction of sp³-hybridized carbons (Fsp3) is 0.769. The summed E-state index contributed by atoms with van der Waals surface area (Å²) in [6, 6.07) is 0.603. The predicted molar refractivity (Wildman–Crippen MR) is 63.6 cm³/mol. The molecule has 0 radical (unpaired) electrons. The Balaban J connectivity index is 1.81. The van der Waals surface area contributed by atoms with Crippen LogP contribution in [0.25, 0.3) is 0 Å². The van der Waals surface area contributed by atoms with Gasteiger partial charge in [-0.15, -0.1) is 0 Å². The zero-order valence-corrected chi connectivity index (χ0v) is 10.9. The quantitative estimate of drug-likeness (QED) is 0.792. The van der Waals surface area contributed by atoms with Gasteiger partial charge in [0.1, 0.15) is 0 Å². The highest BCUT2D eigenvalue weighted by molar-refractivity contribution is 5.11. The first-order valence-corrected chi connectivity index (χ1v) is 6.29. The van der Waals surface area contributed by atoms with E-state index in [9.17, 15) is 0 Å². The zero-order chi connectivity index (χ0) is 12.3. The molecule has 4 nitrogen and oxygen atoms in total. The topological polar surface area (TPSA) is 36.3 Å². The molecule has 2 heterocycles. The van der Waals surface area contributed by atoms with E-state index < -0.39 is 0 Å². The third kappa shape index (κ3) is 1.79. The van der Waals surface area contributed by atoms with Crippen LogP contribution in [-0.2, 0) is 9.47 Å². The highest BCUT2D eigenvalue weighted by atomic mass is 16.7. The van der Waals surface area contributed by atoms with Gasteiger partial charge in [0, 0.05) is 11.8 Å². The molecule has 0 bridgehead atoms. The van der Waals surface area contributed by atoms with Crippen LogP contribution in [0.4, 0.5) is 0 Å². The molecule has 2 aliphatic rings. The molecule has 1 aliphatic carbocycles. The second-order valence-corrected chi connectivity index (χ2v) is 6.07. The molecule has 0 amide bonds. The average molecular weight is 236 g/mol. The van der Waals surface area contributed by atoms with Crippen LogP contribution in [0, 0.1) is 0 Å². The summed E-state index contributed by atoms with van der Waals surface area (Å²) >= 11 is 0. The monoisotopic (exact) mass is 236 g/mol. The Hall–Kier alpha value is -0.870. The minimum atomic E-state index is -0.285. The van der Waals surface area contributed by atoms with E-state index in [0.29, 0.717) is 6.04 Å². The number of ether oxygens (including phenoxy) is 2. The van der Waals surface area contributed by atoms with Crippen molar-refractivity contribution in [3.63, 3.8) is 0 Å². The van der Waals surface area contributed by atoms with Gasteiger partial charge in [0.2, 0.25) is 0 Å². The maximum absolute atomic E-state index is 5.99. The molecule has 1 aromatic rings. The maximum atomic E-state index is 5.99. The van der Waals surface area contributed by atoms with Crippen molar-refractivity contribution < 1.29 is 9.47 Å². The van der Waals surface area contributed by atoms with E-state index in [0.717, 1.165) is 5.56 Å². The van der Waals surface area contributed by atoms with Crippen molar-refractivity contribution in [3.8, 4) is 0 Å². The third-order valence-corrected chi connectivity index (χ3v) is 4.07. The van der Waals surface area contributed by atoms with Crippen LogP contribution in [0.5, 0.6) is 0 Å². The molecule has 1 aromatic heterocycles. The number of aromatic nitrogens is 2. The van der Waals surface area contributed by atoms with Gasteiger partial charge in [-0.1, -0.05) is 0 Å². The minimum absolute atomic E-state index is 0.278. The Morgan fingerprint density at radius 3 is 2.29 bits per heavy atom. The molecule has 2 fully saturated rings. The standard InChI is InChI=1S/C13H20N2O2/c1-12(2)13(3,4)17-11(16-12)9-7-14-15(8-9)10-5-6-10/h7-8,10-11H,5-6H2,1-4H3. The van der Waals surface area contributed by atoms with E-state index in [-0.39, 0.29) is 17.5 Å². The lowest BCUT2D eigenvalue weighted by molar-refractivity contribution is -0.0896. The molecule has 94 valence electrons. The summed E-state index contributed by atoms with van der Waals surface area (Å²) in [5.41, 5.74) is 0.467. The Morgan fingerprint density at radius 2 is 1.76 bits per heavy atom. The average Bonchev–Trinajstić information content (AvgIpc) is 2.89. The molecule has 0 N–H and O–H groups in total. The first kappa shape index (κ1) is 11.2. The lowest BCUT2D eigenvalue weighted by Crippen LogP contribution is -2.41. The highest BCUT2D eigenvalue weighted by Crippen LogP contribution is 2.45. The molecule has 4 heteroatoms. The summed E-state index contributed by atoms with van der Waals surface area (Å²) in [6.45, 7) is 8.27. The number of rotatable bonds is 2. The number of hydrogen-bond donors (Lipinski definition) is 0. The van der Waals surface area contributed by atoms with Crippen LogP contribution in [0.3, 0.4) is 0 Å². The number of nitrogens with zero attached hydrogens (tertiary/aromatic N) is 2. The number of hydrogen-bond acceptors (Lipinski definition) is 3. The lowest BCUT2D eigenvalue weighted by Gasteiger charge is -2.30. The normalized spacial score (nSPS) is 27.5. The van der Waals surface area contributed by atoms with Crippen molar-refractivity contribution in [2.24, 2.45) is 0 Å². The fourth-order valence-corrected chi connectivity index (χ4v) is 1.99. The largest absolute Gasteiger partial charge is 0.339 e.